The number of pyridine rings is 1. The monoisotopic (exact) mass is 363 g/mol. The third-order valence-electron chi connectivity index (χ3n) is 5.29. The third-order valence-corrected chi connectivity index (χ3v) is 5.29. The van der Waals surface area contributed by atoms with Crippen LogP contribution < -0.4 is 5.73 Å². The second-order valence-corrected chi connectivity index (χ2v) is 6.94. The number of aromatic nitrogens is 5. The molecule has 0 atom stereocenters. The van der Waals surface area contributed by atoms with Crippen molar-refractivity contribution in [1.29, 1.82) is 0 Å². The predicted octanol–water partition coefficient (Wildman–Crippen LogP) is 1.89. The van der Waals surface area contributed by atoms with Gasteiger partial charge in [-0.1, -0.05) is 6.07 Å². The highest BCUT2D eigenvalue weighted by atomic mass is 16.5. The van der Waals surface area contributed by atoms with Gasteiger partial charge >= 0.3 is 0 Å². The lowest BCUT2D eigenvalue weighted by Crippen LogP contribution is -2.52. The third kappa shape index (κ3) is 2.73. The topological polar surface area (TPSA) is 97.9 Å². The average molecular weight is 363 g/mol. The first kappa shape index (κ1) is 16.2. The predicted molar refractivity (Wildman–Crippen MR) is 104 cm³/mol. The molecular formula is C19H21N7O. The Morgan fingerprint density at radius 3 is 2.89 bits per heavy atom. The molecule has 3 aromatic heterocycles. The standard InChI is InChI=1S/C19H21N7O/c1-27-13-10-25(11-13)6-7-26-18-14-3-2-12(16-4-5-21-24-16)8-17(14)23-19(20)15(18)9-22-26/h2-5,8-9,13H,6-7,10-11H2,1H3,(H2,20,23)(H,21,24). The van der Waals surface area contributed by atoms with Gasteiger partial charge in [0.25, 0.3) is 0 Å². The Hall–Kier alpha value is -2.97. The fourth-order valence-corrected chi connectivity index (χ4v) is 3.71. The Balaban J connectivity index is 1.52. The van der Waals surface area contributed by atoms with Crippen LogP contribution in [0.1, 0.15) is 0 Å². The van der Waals surface area contributed by atoms with Crippen molar-refractivity contribution in [1.82, 2.24) is 29.9 Å². The highest BCUT2D eigenvalue weighted by Gasteiger charge is 2.26. The highest BCUT2D eigenvalue weighted by Crippen LogP contribution is 2.30. The van der Waals surface area contributed by atoms with Gasteiger partial charge in [-0.2, -0.15) is 10.2 Å². The van der Waals surface area contributed by atoms with Crippen LogP contribution >= 0.6 is 0 Å². The minimum absolute atomic E-state index is 0.362. The lowest BCUT2D eigenvalue weighted by molar-refractivity contribution is -0.0305. The fourth-order valence-electron chi connectivity index (χ4n) is 3.71. The van der Waals surface area contributed by atoms with Gasteiger partial charge in [0.15, 0.2) is 0 Å². The number of H-pyrrole nitrogens is 1. The maximum absolute atomic E-state index is 6.22. The van der Waals surface area contributed by atoms with Gasteiger partial charge in [0, 0.05) is 43.9 Å². The molecule has 1 aromatic carbocycles. The summed E-state index contributed by atoms with van der Waals surface area (Å²) in [4.78, 5) is 6.96. The minimum atomic E-state index is 0.362. The number of nitrogens with zero attached hydrogens (tertiary/aromatic N) is 5. The molecule has 8 nitrogen and oxygen atoms in total. The van der Waals surface area contributed by atoms with Crippen molar-refractivity contribution < 1.29 is 4.74 Å². The normalized spacial score (nSPS) is 15.6. The Kier molecular flexibility index (Phi) is 3.80. The molecule has 0 bridgehead atoms. The van der Waals surface area contributed by atoms with E-state index in [1.165, 1.54) is 0 Å². The molecule has 8 heteroatoms. The number of fused-ring (bicyclic) bond motifs is 3. The van der Waals surface area contributed by atoms with E-state index in [-0.39, 0.29) is 0 Å². The van der Waals surface area contributed by atoms with Crippen LogP contribution in [-0.2, 0) is 11.3 Å². The number of aromatic amines is 1. The van der Waals surface area contributed by atoms with Gasteiger partial charge in [-0.3, -0.25) is 14.7 Å². The number of hydrogen-bond donors (Lipinski definition) is 2. The summed E-state index contributed by atoms with van der Waals surface area (Å²) in [6, 6.07) is 8.10. The van der Waals surface area contributed by atoms with Gasteiger partial charge < -0.3 is 10.5 Å². The van der Waals surface area contributed by atoms with Gasteiger partial charge in [-0.15, -0.1) is 0 Å². The van der Waals surface area contributed by atoms with E-state index in [9.17, 15) is 0 Å². The van der Waals surface area contributed by atoms with Crippen molar-refractivity contribution in [2.75, 3.05) is 32.5 Å². The number of methoxy groups -OCH3 is 1. The van der Waals surface area contributed by atoms with E-state index in [4.69, 9.17) is 10.5 Å². The Labute approximate surface area is 155 Å². The quantitative estimate of drug-likeness (QED) is 0.562. The van der Waals surface area contributed by atoms with Gasteiger partial charge in [-0.05, 0) is 18.2 Å². The summed E-state index contributed by atoms with van der Waals surface area (Å²) >= 11 is 0. The molecule has 0 radical (unpaired) electrons. The molecule has 1 saturated heterocycles. The van der Waals surface area contributed by atoms with Crippen molar-refractivity contribution in [2.45, 2.75) is 12.6 Å². The molecule has 5 rings (SSSR count). The first-order valence-electron chi connectivity index (χ1n) is 9.03. The summed E-state index contributed by atoms with van der Waals surface area (Å²) in [6.07, 6.45) is 3.98. The molecule has 1 fully saturated rings. The van der Waals surface area contributed by atoms with E-state index in [0.29, 0.717) is 11.9 Å². The zero-order valence-electron chi connectivity index (χ0n) is 15.1. The summed E-state index contributed by atoms with van der Waals surface area (Å²) in [7, 11) is 1.77. The van der Waals surface area contributed by atoms with Crippen LogP contribution in [0.4, 0.5) is 5.82 Å². The van der Waals surface area contributed by atoms with E-state index in [2.05, 4.69) is 37.3 Å². The number of rotatable bonds is 5. The summed E-state index contributed by atoms with van der Waals surface area (Å²) in [5, 5.41) is 13.6. The number of benzene rings is 1. The van der Waals surface area contributed by atoms with E-state index >= 15 is 0 Å². The first-order valence-corrected chi connectivity index (χ1v) is 9.03. The first-order chi connectivity index (χ1) is 13.2. The molecule has 0 saturated carbocycles. The number of ether oxygens (including phenoxy) is 1. The largest absolute Gasteiger partial charge is 0.383 e. The molecule has 0 unspecified atom stereocenters. The van der Waals surface area contributed by atoms with Crippen LogP contribution in [-0.4, -0.2) is 62.7 Å². The maximum atomic E-state index is 6.22. The van der Waals surface area contributed by atoms with Crippen LogP contribution in [0.3, 0.4) is 0 Å². The summed E-state index contributed by atoms with van der Waals surface area (Å²) < 4.78 is 7.37. The van der Waals surface area contributed by atoms with Crippen LogP contribution in [0.5, 0.6) is 0 Å². The second-order valence-electron chi connectivity index (χ2n) is 6.94. The van der Waals surface area contributed by atoms with Gasteiger partial charge in [-0.25, -0.2) is 4.98 Å². The van der Waals surface area contributed by atoms with Crippen molar-refractivity contribution in [3.63, 3.8) is 0 Å². The zero-order valence-corrected chi connectivity index (χ0v) is 15.1. The fraction of sp³-hybridized carbons (Fsp3) is 0.316. The molecule has 0 spiro atoms. The molecule has 0 aliphatic carbocycles. The molecule has 1 aliphatic rings. The highest BCUT2D eigenvalue weighted by molar-refractivity contribution is 6.08. The summed E-state index contributed by atoms with van der Waals surface area (Å²) in [6.45, 7) is 3.70. The van der Waals surface area contributed by atoms with E-state index < -0.39 is 0 Å². The number of anilines is 1. The number of nitrogens with two attached hydrogens (primary N) is 1. The number of likely N-dealkylation sites (tertiary alicyclic amines) is 1. The van der Waals surface area contributed by atoms with E-state index in [1.54, 1.807) is 7.11 Å². The molecule has 3 N–H and O–H groups in total. The van der Waals surface area contributed by atoms with Crippen molar-refractivity contribution >= 4 is 27.6 Å². The Bertz CT molecular complexity index is 1100. The lowest BCUT2D eigenvalue weighted by atomic mass is 10.1. The molecular weight excluding hydrogens is 342 g/mol. The Morgan fingerprint density at radius 1 is 1.22 bits per heavy atom. The van der Waals surface area contributed by atoms with Crippen LogP contribution in [0.15, 0.2) is 36.7 Å². The van der Waals surface area contributed by atoms with Crippen molar-refractivity contribution in [2.24, 2.45) is 0 Å². The Morgan fingerprint density at radius 2 is 2.11 bits per heavy atom. The molecule has 4 aromatic rings. The smallest absolute Gasteiger partial charge is 0.135 e. The lowest BCUT2D eigenvalue weighted by Gasteiger charge is -2.38. The number of nitrogens with one attached hydrogen (secondary N) is 1. The molecule has 1 aliphatic heterocycles. The maximum Gasteiger partial charge on any atom is 0.135 e. The van der Waals surface area contributed by atoms with E-state index in [0.717, 1.165) is 59.2 Å². The van der Waals surface area contributed by atoms with Crippen LogP contribution in [0.2, 0.25) is 0 Å². The minimum Gasteiger partial charge on any atom is -0.383 e. The summed E-state index contributed by atoms with van der Waals surface area (Å²) in [5.74, 6) is 0.506. The zero-order chi connectivity index (χ0) is 18.4. The van der Waals surface area contributed by atoms with Gasteiger partial charge in [0.1, 0.15) is 5.82 Å². The molecule has 138 valence electrons. The van der Waals surface area contributed by atoms with Crippen molar-refractivity contribution in [3.05, 3.63) is 36.7 Å². The summed E-state index contributed by atoms with van der Waals surface area (Å²) in [5.41, 5.74) is 10.0. The van der Waals surface area contributed by atoms with Crippen molar-refractivity contribution in [3.8, 4) is 11.3 Å². The second kappa shape index (κ2) is 6.33. The van der Waals surface area contributed by atoms with Crippen LogP contribution in [0, 0.1) is 0 Å². The van der Waals surface area contributed by atoms with E-state index in [1.807, 2.05) is 29.2 Å². The number of nitrogen functional groups attached to an aromatic ring is 1. The SMILES string of the molecule is COC1CN(CCn2ncc3c(N)nc4cc(-c5cc[nH]n5)ccc4c32)C1. The molecule has 4 heterocycles. The van der Waals surface area contributed by atoms with Gasteiger partial charge in [0.05, 0.1) is 41.0 Å². The van der Waals surface area contributed by atoms with Crippen LogP contribution in [0.25, 0.3) is 33.1 Å². The number of hydrogen-bond acceptors (Lipinski definition) is 6. The average Bonchev–Trinajstić information content (AvgIpc) is 3.31. The van der Waals surface area contributed by atoms with Gasteiger partial charge in [0.2, 0.25) is 0 Å². The molecule has 27 heavy (non-hydrogen) atoms. The molecule has 0 amide bonds.